The van der Waals surface area contributed by atoms with Gasteiger partial charge in [0.2, 0.25) is 11.8 Å². The number of primary amides is 1. The molecular weight excluding hydrogens is 466 g/mol. The molecule has 1 atom stereocenters. The first-order valence-corrected chi connectivity index (χ1v) is 12.0. The number of hydrogen-bond acceptors (Lipinski definition) is 8. The molecule has 2 aromatic rings. The van der Waals surface area contributed by atoms with Crippen molar-refractivity contribution >= 4 is 23.3 Å². The summed E-state index contributed by atoms with van der Waals surface area (Å²) in [7, 11) is 0. The molecule has 2 amide bonds. The summed E-state index contributed by atoms with van der Waals surface area (Å²) in [5, 5.41) is 12.2. The molecule has 10 heteroatoms. The average Bonchev–Trinajstić information content (AvgIpc) is 2.86. The van der Waals surface area contributed by atoms with Gasteiger partial charge in [-0.1, -0.05) is 0 Å². The molecule has 0 aromatic heterocycles. The molecule has 2 aromatic carbocycles. The van der Waals surface area contributed by atoms with E-state index in [1.54, 1.807) is 46.4 Å². The highest BCUT2D eigenvalue weighted by Crippen LogP contribution is 2.42. The third-order valence-electron chi connectivity index (χ3n) is 5.68. The van der Waals surface area contributed by atoms with Gasteiger partial charge in [-0.05, 0) is 63.6 Å². The van der Waals surface area contributed by atoms with Crippen molar-refractivity contribution in [3.63, 3.8) is 0 Å². The van der Waals surface area contributed by atoms with Crippen LogP contribution in [0.25, 0.3) is 0 Å². The van der Waals surface area contributed by atoms with E-state index in [9.17, 15) is 19.5 Å². The van der Waals surface area contributed by atoms with Gasteiger partial charge in [-0.15, -0.1) is 5.06 Å². The Labute approximate surface area is 210 Å². The zero-order valence-electron chi connectivity index (χ0n) is 20.9. The number of Topliss-reactive ketones (excluding diaryl/α,β-unsaturated/α-hetero) is 1. The topological polar surface area (TPSA) is 132 Å². The van der Waals surface area contributed by atoms with Crippen LogP contribution in [0.5, 0.6) is 17.2 Å². The van der Waals surface area contributed by atoms with E-state index < -0.39 is 12.0 Å². The number of carbonyl (C=O) groups excluding carboxylic acids is 3. The summed E-state index contributed by atoms with van der Waals surface area (Å²) in [5.74, 6) is 0.855. The van der Waals surface area contributed by atoms with Crippen molar-refractivity contribution in [2.45, 2.75) is 39.7 Å². The zero-order chi connectivity index (χ0) is 26.2. The third-order valence-corrected chi connectivity index (χ3v) is 5.68. The van der Waals surface area contributed by atoms with Gasteiger partial charge in [-0.3, -0.25) is 14.4 Å². The Bertz CT molecular complexity index is 1090. The van der Waals surface area contributed by atoms with Crippen molar-refractivity contribution in [1.82, 2.24) is 5.06 Å². The van der Waals surface area contributed by atoms with E-state index in [4.69, 9.17) is 20.0 Å². The number of aliphatic hydroxyl groups is 1. The van der Waals surface area contributed by atoms with Crippen LogP contribution in [-0.4, -0.2) is 66.7 Å². The van der Waals surface area contributed by atoms with Crippen molar-refractivity contribution in [3.05, 3.63) is 47.5 Å². The second kappa shape index (κ2) is 12.4. The molecule has 0 spiro atoms. The normalized spacial score (nSPS) is 13.8. The molecule has 0 saturated heterocycles. The molecule has 0 radical (unpaired) electrons. The molecule has 1 aliphatic heterocycles. The summed E-state index contributed by atoms with van der Waals surface area (Å²) >= 11 is 0. The standard InChI is InChI=1S/C26H33N3O7/c1-4-28(36-20-8-6-18(7-9-20)26(27)33)14-19(31)16-35-22-11-12-23(34-15-17(3)30)25-21(22)10-13-24(32)29(25)5-2/h6-9,11-12,19,31H,4-5,10,13-16H2,1-3H3,(H2,27,33). The fourth-order valence-electron chi connectivity index (χ4n) is 3.92. The molecule has 0 bridgehead atoms. The fourth-order valence-corrected chi connectivity index (χ4v) is 3.92. The largest absolute Gasteiger partial charge is 0.490 e. The number of anilines is 1. The van der Waals surface area contributed by atoms with Gasteiger partial charge >= 0.3 is 0 Å². The minimum atomic E-state index is -0.869. The van der Waals surface area contributed by atoms with Crippen LogP contribution in [0.1, 0.15) is 43.1 Å². The number of hydrogen-bond donors (Lipinski definition) is 2. The Morgan fingerprint density at radius 3 is 2.39 bits per heavy atom. The predicted octanol–water partition coefficient (Wildman–Crippen LogP) is 2.11. The van der Waals surface area contributed by atoms with Gasteiger partial charge in [0, 0.05) is 30.6 Å². The molecule has 1 heterocycles. The highest BCUT2D eigenvalue weighted by molar-refractivity contribution is 5.99. The highest BCUT2D eigenvalue weighted by atomic mass is 16.7. The first kappa shape index (κ1) is 27.0. The van der Waals surface area contributed by atoms with Crippen LogP contribution in [0.3, 0.4) is 0 Å². The van der Waals surface area contributed by atoms with Gasteiger partial charge in [0.1, 0.15) is 36.6 Å². The molecule has 0 fully saturated rings. The lowest BCUT2D eigenvalue weighted by atomic mass is 9.99. The van der Waals surface area contributed by atoms with E-state index in [1.807, 2.05) is 13.8 Å². The molecule has 1 unspecified atom stereocenters. The maximum atomic E-state index is 12.5. The number of ketones is 1. The SMILES string of the molecule is CCN(CC(O)COc1ccc(OCC(C)=O)c2c1CCC(=O)N2CC)Oc1ccc(C(N)=O)cc1. The van der Waals surface area contributed by atoms with E-state index >= 15 is 0 Å². The van der Waals surface area contributed by atoms with Gasteiger partial charge in [-0.25, -0.2) is 0 Å². The quantitative estimate of drug-likeness (QED) is 0.401. The van der Waals surface area contributed by atoms with Crippen molar-refractivity contribution < 1.29 is 33.8 Å². The van der Waals surface area contributed by atoms with E-state index in [-0.39, 0.29) is 31.4 Å². The third kappa shape index (κ3) is 6.73. The van der Waals surface area contributed by atoms with Crippen LogP contribution >= 0.6 is 0 Å². The van der Waals surface area contributed by atoms with Crippen LogP contribution in [0.15, 0.2) is 36.4 Å². The Morgan fingerprint density at radius 2 is 1.78 bits per heavy atom. The van der Waals surface area contributed by atoms with E-state index in [0.29, 0.717) is 54.4 Å². The minimum absolute atomic E-state index is 0.000629. The number of nitrogens with two attached hydrogens (primary N) is 1. The highest BCUT2D eigenvalue weighted by Gasteiger charge is 2.29. The van der Waals surface area contributed by atoms with Crippen LogP contribution in [0.2, 0.25) is 0 Å². The van der Waals surface area contributed by atoms with Crippen LogP contribution in [-0.2, 0) is 16.0 Å². The van der Waals surface area contributed by atoms with E-state index in [0.717, 1.165) is 5.56 Å². The molecule has 1 aliphatic rings. The van der Waals surface area contributed by atoms with Crippen LogP contribution in [0, 0.1) is 0 Å². The fraction of sp³-hybridized carbons (Fsp3) is 0.423. The molecule has 3 N–H and O–H groups in total. The van der Waals surface area contributed by atoms with E-state index in [2.05, 4.69) is 0 Å². The molecule has 36 heavy (non-hydrogen) atoms. The van der Waals surface area contributed by atoms with Gasteiger partial charge in [0.25, 0.3) is 0 Å². The number of benzene rings is 2. The lowest BCUT2D eigenvalue weighted by Gasteiger charge is -2.31. The average molecular weight is 500 g/mol. The first-order valence-electron chi connectivity index (χ1n) is 12.0. The molecule has 3 rings (SSSR count). The molecule has 10 nitrogen and oxygen atoms in total. The number of hydroxylamine groups is 2. The molecule has 0 saturated carbocycles. The minimum Gasteiger partial charge on any atom is -0.490 e. The number of carbonyl (C=O) groups is 3. The van der Waals surface area contributed by atoms with Crippen molar-refractivity contribution in [2.75, 3.05) is 37.7 Å². The lowest BCUT2D eigenvalue weighted by Crippen LogP contribution is -2.38. The van der Waals surface area contributed by atoms with Crippen molar-refractivity contribution in [3.8, 4) is 17.2 Å². The predicted molar refractivity (Wildman–Crippen MR) is 133 cm³/mol. The number of rotatable bonds is 13. The van der Waals surface area contributed by atoms with Gasteiger partial charge in [0.05, 0.1) is 12.2 Å². The zero-order valence-corrected chi connectivity index (χ0v) is 20.9. The lowest BCUT2D eigenvalue weighted by molar-refractivity contribution is -0.119. The monoisotopic (exact) mass is 499 g/mol. The van der Waals surface area contributed by atoms with Crippen LogP contribution in [0.4, 0.5) is 5.69 Å². The summed E-state index contributed by atoms with van der Waals surface area (Å²) in [6.07, 6.45) is -0.0625. The van der Waals surface area contributed by atoms with Gasteiger partial charge in [-0.2, -0.15) is 0 Å². The Morgan fingerprint density at radius 1 is 1.08 bits per heavy atom. The van der Waals surface area contributed by atoms with Crippen molar-refractivity contribution in [2.24, 2.45) is 5.73 Å². The Balaban J connectivity index is 1.68. The summed E-state index contributed by atoms with van der Waals surface area (Å²) in [6.45, 7) is 6.24. The number of fused-ring (bicyclic) bond motifs is 1. The van der Waals surface area contributed by atoms with Crippen LogP contribution < -0.4 is 24.9 Å². The maximum absolute atomic E-state index is 12.5. The summed E-state index contributed by atoms with van der Waals surface area (Å²) in [5.41, 5.74) is 7.06. The summed E-state index contributed by atoms with van der Waals surface area (Å²) in [6, 6.07) is 9.83. The van der Waals surface area contributed by atoms with Gasteiger partial charge in [0.15, 0.2) is 5.78 Å². The number of nitrogens with zero attached hydrogens (tertiary/aromatic N) is 2. The number of amides is 2. The van der Waals surface area contributed by atoms with Crippen molar-refractivity contribution in [1.29, 1.82) is 0 Å². The Kier molecular flexibility index (Phi) is 9.26. The maximum Gasteiger partial charge on any atom is 0.248 e. The smallest absolute Gasteiger partial charge is 0.248 e. The Hall–Kier alpha value is -3.63. The molecule has 194 valence electrons. The second-order valence-electron chi connectivity index (χ2n) is 8.44. The van der Waals surface area contributed by atoms with E-state index in [1.165, 1.54) is 6.92 Å². The number of aliphatic hydroxyl groups excluding tert-OH is 1. The summed E-state index contributed by atoms with van der Waals surface area (Å²) in [4.78, 5) is 42.6. The number of likely N-dealkylation sites (N-methyl/N-ethyl adjacent to an activating group) is 1. The van der Waals surface area contributed by atoms with Gasteiger partial charge < -0.3 is 30.1 Å². The molecule has 0 aliphatic carbocycles. The number of ether oxygens (including phenoxy) is 2. The summed E-state index contributed by atoms with van der Waals surface area (Å²) < 4.78 is 11.6. The first-order chi connectivity index (χ1) is 17.2. The second-order valence-corrected chi connectivity index (χ2v) is 8.44. The molecular formula is C26H33N3O7.